The van der Waals surface area contributed by atoms with Crippen LogP contribution in [0.3, 0.4) is 0 Å². The second kappa shape index (κ2) is 6.33. The fourth-order valence-electron chi connectivity index (χ4n) is 1.70. The van der Waals surface area contributed by atoms with Gasteiger partial charge in [0.05, 0.1) is 12.2 Å². The highest BCUT2D eigenvalue weighted by Gasteiger charge is 2.18. The van der Waals surface area contributed by atoms with Crippen molar-refractivity contribution in [3.63, 3.8) is 0 Å². The first-order valence-corrected chi connectivity index (χ1v) is 7.71. The summed E-state index contributed by atoms with van der Waals surface area (Å²) in [6, 6.07) is 13.2. The molecule has 0 radical (unpaired) electrons. The summed E-state index contributed by atoms with van der Waals surface area (Å²) in [5.41, 5.74) is 1.51. The summed E-state index contributed by atoms with van der Waals surface area (Å²) in [4.78, 5) is 0.111. The highest BCUT2D eigenvalue weighted by molar-refractivity contribution is 7.87. The molecule has 0 unspecified atom stereocenters. The molecule has 0 saturated heterocycles. The fraction of sp³-hybridized carbons (Fsp3) is 0.125. The molecule has 0 atom stereocenters. The lowest BCUT2D eigenvalue weighted by molar-refractivity contribution is 0.487. The Morgan fingerprint density at radius 2 is 1.81 bits per heavy atom. The number of rotatable bonds is 5. The maximum Gasteiger partial charge on any atom is 0.339 e. The minimum Gasteiger partial charge on any atom is -0.377 e. The SMILES string of the molecule is C#CCNc1ccccc1OS(=O)(=O)c1ccc(C)cc1. The van der Waals surface area contributed by atoms with Crippen molar-refractivity contribution in [2.24, 2.45) is 0 Å². The summed E-state index contributed by atoms with van der Waals surface area (Å²) in [5, 5.41) is 2.92. The lowest BCUT2D eigenvalue weighted by atomic mass is 10.2. The van der Waals surface area contributed by atoms with E-state index in [2.05, 4.69) is 11.2 Å². The van der Waals surface area contributed by atoms with E-state index in [9.17, 15) is 8.42 Å². The van der Waals surface area contributed by atoms with Gasteiger partial charge in [-0.3, -0.25) is 0 Å². The Balaban J connectivity index is 2.29. The van der Waals surface area contributed by atoms with Crippen molar-refractivity contribution in [1.82, 2.24) is 0 Å². The van der Waals surface area contributed by atoms with Gasteiger partial charge in [0.1, 0.15) is 4.90 Å². The lowest BCUT2D eigenvalue weighted by Crippen LogP contribution is -2.11. The monoisotopic (exact) mass is 301 g/mol. The van der Waals surface area contributed by atoms with Crippen LogP contribution in [-0.2, 0) is 10.1 Å². The van der Waals surface area contributed by atoms with E-state index in [1.54, 1.807) is 36.4 Å². The van der Waals surface area contributed by atoms with Crippen LogP contribution in [0.15, 0.2) is 53.4 Å². The number of benzene rings is 2. The van der Waals surface area contributed by atoms with Crippen LogP contribution < -0.4 is 9.50 Å². The molecule has 5 heteroatoms. The van der Waals surface area contributed by atoms with Crippen molar-refractivity contribution in [1.29, 1.82) is 0 Å². The molecule has 0 aromatic heterocycles. The van der Waals surface area contributed by atoms with E-state index in [1.165, 1.54) is 12.1 Å². The molecule has 1 N–H and O–H groups in total. The molecular formula is C16H15NO3S. The number of nitrogens with one attached hydrogen (secondary N) is 1. The first-order chi connectivity index (χ1) is 10.0. The van der Waals surface area contributed by atoms with Gasteiger partial charge >= 0.3 is 10.1 Å². The standard InChI is InChI=1S/C16H15NO3S/c1-3-12-17-15-6-4-5-7-16(15)20-21(18,19)14-10-8-13(2)9-11-14/h1,4-11,17H,12H2,2H3. The van der Waals surface area contributed by atoms with Crippen molar-refractivity contribution >= 4 is 15.8 Å². The Bertz CT molecular complexity index is 759. The number of hydrogen-bond donors (Lipinski definition) is 1. The number of anilines is 1. The van der Waals surface area contributed by atoms with Crippen molar-refractivity contribution in [3.05, 3.63) is 54.1 Å². The summed E-state index contributed by atoms with van der Waals surface area (Å²) >= 11 is 0. The molecule has 0 aliphatic carbocycles. The molecular weight excluding hydrogens is 286 g/mol. The molecule has 108 valence electrons. The van der Waals surface area contributed by atoms with Gasteiger partial charge in [-0.1, -0.05) is 35.7 Å². The fourth-order valence-corrected chi connectivity index (χ4v) is 2.65. The molecule has 0 spiro atoms. The quantitative estimate of drug-likeness (QED) is 0.681. The Labute approximate surface area is 124 Å². The van der Waals surface area contributed by atoms with E-state index < -0.39 is 10.1 Å². The molecule has 2 rings (SSSR count). The highest BCUT2D eigenvalue weighted by atomic mass is 32.2. The first kappa shape index (κ1) is 14.9. The Morgan fingerprint density at radius 1 is 1.14 bits per heavy atom. The van der Waals surface area contributed by atoms with Crippen molar-refractivity contribution in [2.45, 2.75) is 11.8 Å². The average Bonchev–Trinajstić information content (AvgIpc) is 2.46. The smallest absolute Gasteiger partial charge is 0.339 e. The van der Waals surface area contributed by atoms with E-state index in [4.69, 9.17) is 10.6 Å². The molecule has 4 nitrogen and oxygen atoms in total. The Kier molecular flexibility index (Phi) is 4.51. The van der Waals surface area contributed by atoms with Crippen molar-refractivity contribution in [2.75, 3.05) is 11.9 Å². The van der Waals surface area contributed by atoms with Crippen LogP contribution in [0, 0.1) is 19.3 Å². The van der Waals surface area contributed by atoms with Crippen molar-refractivity contribution in [3.8, 4) is 18.1 Å². The number of aryl methyl sites for hydroxylation is 1. The van der Waals surface area contributed by atoms with Gasteiger partial charge in [0, 0.05) is 0 Å². The van der Waals surface area contributed by atoms with Crippen LogP contribution >= 0.6 is 0 Å². The molecule has 0 saturated carbocycles. The zero-order chi connectivity index (χ0) is 15.3. The van der Waals surface area contributed by atoms with E-state index >= 15 is 0 Å². The summed E-state index contributed by atoms with van der Waals surface area (Å²) in [7, 11) is -3.87. The summed E-state index contributed by atoms with van der Waals surface area (Å²) in [6.45, 7) is 2.17. The number of terminal acetylenes is 1. The molecule has 2 aromatic rings. The van der Waals surface area contributed by atoms with Crippen LogP contribution in [-0.4, -0.2) is 15.0 Å². The summed E-state index contributed by atoms with van der Waals surface area (Å²) < 4.78 is 29.7. The zero-order valence-electron chi connectivity index (χ0n) is 11.5. The molecule has 0 fully saturated rings. The zero-order valence-corrected chi connectivity index (χ0v) is 12.4. The first-order valence-electron chi connectivity index (χ1n) is 6.30. The van der Waals surface area contributed by atoms with Gasteiger partial charge in [-0.2, -0.15) is 8.42 Å². The third-order valence-electron chi connectivity index (χ3n) is 2.78. The number of para-hydroxylation sites is 2. The van der Waals surface area contributed by atoms with E-state index in [0.29, 0.717) is 5.69 Å². The minimum absolute atomic E-state index is 0.111. The van der Waals surface area contributed by atoms with Crippen LogP contribution in [0.2, 0.25) is 0 Å². The molecule has 21 heavy (non-hydrogen) atoms. The average molecular weight is 301 g/mol. The maximum absolute atomic E-state index is 12.2. The van der Waals surface area contributed by atoms with Crippen LogP contribution in [0.1, 0.15) is 5.56 Å². The van der Waals surface area contributed by atoms with Gasteiger partial charge in [0.25, 0.3) is 0 Å². The van der Waals surface area contributed by atoms with Gasteiger partial charge in [-0.25, -0.2) is 0 Å². The molecule has 0 amide bonds. The molecule has 0 heterocycles. The Hall–Kier alpha value is -2.45. The summed E-state index contributed by atoms with van der Waals surface area (Å²) in [5.74, 6) is 2.64. The van der Waals surface area contributed by atoms with Crippen molar-refractivity contribution < 1.29 is 12.6 Å². The molecule has 0 bridgehead atoms. The topological polar surface area (TPSA) is 55.4 Å². The van der Waals surface area contributed by atoms with Gasteiger partial charge in [0.2, 0.25) is 0 Å². The highest BCUT2D eigenvalue weighted by Crippen LogP contribution is 2.27. The summed E-state index contributed by atoms with van der Waals surface area (Å²) in [6.07, 6.45) is 5.19. The van der Waals surface area contributed by atoms with Crippen LogP contribution in [0.5, 0.6) is 5.75 Å². The van der Waals surface area contributed by atoms with E-state index in [1.807, 2.05) is 6.92 Å². The predicted molar refractivity (Wildman–Crippen MR) is 82.8 cm³/mol. The maximum atomic E-state index is 12.2. The largest absolute Gasteiger partial charge is 0.377 e. The molecule has 0 aliphatic heterocycles. The van der Waals surface area contributed by atoms with Gasteiger partial charge in [-0.15, -0.1) is 6.42 Å². The Morgan fingerprint density at radius 3 is 2.48 bits per heavy atom. The second-order valence-electron chi connectivity index (χ2n) is 4.40. The molecule has 2 aromatic carbocycles. The van der Waals surface area contributed by atoms with Gasteiger partial charge in [0.15, 0.2) is 5.75 Å². The predicted octanol–water partition coefficient (Wildman–Crippen LogP) is 2.81. The van der Waals surface area contributed by atoms with Gasteiger partial charge in [-0.05, 0) is 31.2 Å². The second-order valence-corrected chi connectivity index (χ2v) is 5.95. The van der Waals surface area contributed by atoms with Gasteiger partial charge < -0.3 is 9.50 Å². The lowest BCUT2D eigenvalue weighted by Gasteiger charge is -2.12. The van der Waals surface area contributed by atoms with Crippen LogP contribution in [0.25, 0.3) is 0 Å². The van der Waals surface area contributed by atoms with E-state index in [0.717, 1.165) is 5.56 Å². The minimum atomic E-state index is -3.87. The molecule has 0 aliphatic rings. The van der Waals surface area contributed by atoms with E-state index in [-0.39, 0.29) is 17.2 Å². The third kappa shape index (κ3) is 3.77. The number of hydrogen-bond acceptors (Lipinski definition) is 4. The normalized spacial score (nSPS) is 10.7. The van der Waals surface area contributed by atoms with Crippen LogP contribution in [0.4, 0.5) is 5.69 Å². The third-order valence-corrected chi connectivity index (χ3v) is 4.03.